The molecule has 2 heteroatoms. The number of hydrogen-bond donors (Lipinski definition) is 2. The minimum Gasteiger partial charge on any atom is -0.508 e. The normalized spacial score (nSPS) is 27.7. The second-order valence-corrected chi connectivity index (χ2v) is 5.45. The van der Waals surface area contributed by atoms with Crippen LogP contribution in [0.3, 0.4) is 0 Å². The van der Waals surface area contributed by atoms with E-state index in [-0.39, 0.29) is 5.54 Å². The van der Waals surface area contributed by atoms with Gasteiger partial charge in [0.1, 0.15) is 5.75 Å². The average molecular weight is 237 g/mol. The smallest absolute Gasteiger partial charge is 0.115 e. The molecule has 2 atom stereocenters. The molecule has 2 bridgehead atoms. The van der Waals surface area contributed by atoms with Crippen molar-refractivity contribution in [2.75, 3.05) is 0 Å². The Morgan fingerprint density at radius 1 is 1.17 bits per heavy atom. The van der Waals surface area contributed by atoms with Gasteiger partial charge < -0.3 is 5.11 Å². The highest BCUT2D eigenvalue weighted by molar-refractivity contribution is 5.55. The molecule has 18 heavy (non-hydrogen) atoms. The van der Waals surface area contributed by atoms with Crippen LogP contribution in [-0.2, 0) is 12.0 Å². The molecule has 0 aliphatic carbocycles. The molecule has 2 aliphatic heterocycles. The molecular formula is C16H15NO. The van der Waals surface area contributed by atoms with Crippen LogP contribution in [0, 0.1) is 0 Å². The lowest BCUT2D eigenvalue weighted by atomic mass is 9.82. The lowest BCUT2D eigenvalue weighted by Crippen LogP contribution is -2.41. The van der Waals surface area contributed by atoms with Crippen molar-refractivity contribution in [3.05, 3.63) is 64.7 Å². The second kappa shape index (κ2) is 3.15. The van der Waals surface area contributed by atoms with Gasteiger partial charge in [0, 0.05) is 6.04 Å². The minimum atomic E-state index is -0.109. The molecule has 0 fully saturated rings. The van der Waals surface area contributed by atoms with Gasteiger partial charge >= 0.3 is 0 Å². The summed E-state index contributed by atoms with van der Waals surface area (Å²) in [6.45, 7) is 2.24. The summed E-state index contributed by atoms with van der Waals surface area (Å²) >= 11 is 0. The van der Waals surface area contributed by atoms with Gasteiger partial charge in [-0.05, 0) is 47.7 Å². The van der Waals surface area contributed by atoms with E-state index in [1.807, 2.05) is 6.07 Å². The highest BCUT2D eigenvalue weighted by atomic mass is 16.3. The first-order valence-electron chi connectivity index (χ1n) is 6.38. The fraction of sp³-hybridized carbons (Fsp3) is 0.250. The molecular weight excluding hydrogens is 222 g/mol. The maximum Gasteiger partial charge on any atom is 0.115 e. The van der Waals surface area contributed by atoms with Gasteiger partial charge in [-0.25, -0.2) is 0 Å². The van der Waals surface area contributed by atoms with Crippen molar-refractivity contribution >= 4 is 0 Å². The Labute approximate surface area is 106 Å². The average Bonchev–Trinajstić information content (AvgIpc) is 2.59. The van der Waals surface area contributed by atoms with Crippen molar-refractivity contribution in [2.45, 2.75) is 24.9 Å². The van der Waals surface area contributed by atoms with Crippen LogP contribution in [0.5, 0.6) is 5.75 Å². The van der Waals surface area contributed by atoms with Crippen LogP contribution in [-0.4, -0.2) is 5.11 Å². The van der Waals surface area contributed by atoms with E-state index in [0.29, 0.717) is 11.8 Å². The molecule has 2 aromatic rings. The van der Waals surface area contributed by atoms with Gasteiger partial charge in [0.25, 0.3) is 0 Å². The highest BCUT2D eigenvalue weighted by Gasteiger charge is 2.45. The maximum absolute atomic E-state index is 9.69. The lowest BCUT2D eigenvalue weighted by molar-refractivity contribution is 0.388. The number of aromatic hydroxyl groups is 1. The number of nitrogens with one attached hydrogen (secondary N) is 1. The summed E-state index contributed by atoms with van der Waals surface area (Å²) < 4.78 is 0. The van der Waals surface area contributed by atoms with Crippen LogP contribution < -0.4 is 5.32 Å². The zero-order valence-corrected chi connectivity index (χ0v) is 10.3. The molecule has 0 saturated heterocycles. The zero-order chi connectivity index (χ0) is 12.3. The number of benzene rings is 2. The van der Waals surface area contributed by atoms with Gasteiger partial charge in [-0.2, -0.15) is 0 Å². The van der Waals surface area contributed by atoms with E-state index >= 15 is 0 Å². The van der Waals surface area contributed by atoms with Crippen LogP contribution >= 0.6 is 0 Å². The van der Waals surface area contributed by atoms with Crippen molar-refractivity contribution in [1.29, 1.82) is 0 Å². The Balaban J connectivity index is 2.02. The van der Waals surface area contributed by atoms with E-state index in [9.17, 15) is 5.11 Å². The van der Waals surface area contributed by atoms with Crippen LogP contribution in [0.2, 0.25) is 0 Å². The summed E-state index contributed by atoms with van der Waals surface area (Å²) in [5.41, 5.74) is 5.22. The fourth-order valence-corrected chi connectivity index (χ4v) is 3.59. The highest BCUT2D eigenvalue weighted by Crippen LogP contribution is 2.48. The second-order valence-electron chi connectivity index (χ2n) is 5.45. The third-order valence-electron chi connectivity index (χ3n) is 4.39. The Kier molecular flexibility index (Phi) is 1.78. The van der Waals surface area contributed by atoms with Crippen molar-refractivity contribution in [3.63, 3.8) is 0 Å². The Hall–Kier alpha value is -1.80. The summed E-state index contributed by atoms with van der Waals surface area (Å²) in [4.78, 5) is 0. The monoisotopic (exact) mass is 237 g/mol. The SMILES string of the molecule is CC12NC(Cc3ccccc31)c1cc(O)ccc12. The van der Waals surface area contributed by atoms with E-state index in [0.717, 1.165) is 6.42 Å². The van der Waals surface area contributed by atoms with E-state index in [2.05, 4.69) is 42.6 Å². The molecule has 0 aromatic heterocycles. The minimum absolute atomic E-state index is 0.109. The quantitative estimate of drug-likeness (QED) is 0.738. The van der Waals surface area contributed by atoms with Gasteiger partial charge in [-0.1, -0.05) is 30.3 Å². The van der Waals surface area contributed by atoms with E-state index in [1.54, 1.807) is 6.07 Å². The number of phenolic OH excluding ortho intramolecular Hbond substituents is 1. The van der Waals surface area contributed by atoms with Gasteiger partial charge in [-0.15, -0.1) is 0 Å². The molecule has 90 valence electrons. The van der Waals surface area contributed by atoms with Crippen molar-refractivity contribution in [1.82, 2.24) is 5.32 Å². The lowest BCUT2D eigenvalue weighted by Gasteiger charge is -2.34. The molecule has 4 rings (SSSR count). The Bertz CT molecular complexity index is 649. The zero-order valence-electron chi connectivity index (χ0n) is 10.3. The first-order valence-corrected chi connectivity index (χ1v) is 6.38. The third-order valence-corrected chi connectivity index (χ3v) is 4.39. The summed E-state index contributed by atoms with van der Waals surface area (Å²) in [5.74, 6) is 0.357. The van der Waals surface area contributed by atoms with Crippen LogP contribution in [0.1, 0.15) is 35.2 Å². The van der Waals surface area contributed by atoms with E-state index < -0.39 is 0 Å². The number of phenols is 1. The van der Waals surface area contributed by atoms with Crippen molar-refractivity contribution in [3.8, 4) is 5.75 Å². The first kappa shape index (κ1) is 10.2. The predicted octanol–water partition coefficient (Wildman–Crippen LogP) is 2.86. The first-order chi connectivity index (χ1) is 8.68. The predicted molar refractivity (Wildman–Crippen MR) is 70.6 cm³/mol. The molecule has 2 N–H and O–H groups in total. The van der Waals surface area contributed by atoms with Gasteiger partial charge in [0.15, 0.2) is 0 Å². The largest absolute Gasteiger partial charge is 0.508 e. The molecule has 2 heterocycles. The molecule has 0 saturated carbocycles. The van der Waals surface area contributed by atoms with Crippen molar-refractivity contribution in [2.24, 2.45) is 0 Å². The Morgan fingerprint density at radius 2 is 2.00 bits per heavy atom. The fourth-order valence-electron chi connectivity index (χ4n) is 3.59. The summed E-state index contributed by atoms with van der Waals surface area (Å²) in [5, 5.41) is 13.4. The molecule has 2 unspecified atom stereocenters. The molecule has 2 aromatic carbocycles. The summed E-state index contributed by atoms with van der Waals surface area (Å²) in [7, 11) is 0. The number of hydrogen-bond acceptors (Lipinski definition) is 2. The van der Waals surface area contributed by atoms with Crippen molar-refractivity contribution < 1.29 is 5.11 Å². The number of fused-ring (bicyclic) bond motifs is 7. The van der Waals surface area contributed by atoms with Crippen LogP contribution in [0.15, 0.2) is 42.5 Å². The summed E-state index contributed by atoms with van der Waals surface area (Å²) in [6.07, 6.45) is 1.00. The summed E-state index contributed by atoms with van der Waals surface area (Å²) in [6, 6.07) is 14.7. The van der Waals surface area contributed by atoms with E-state index in [4.69, 9.17) is 0 Å². The van der Waals surface area contributed by atoms with E-state index in [1.165, 1.54) is 22.3 Å². The molecule has 0 radical (unpaired) electrons. The maximum atomic E-state index is 9.69. The van der Waals surface area contributed by atoms with Crippen LogP contribution in [0.25, 0.3) is 0 Å². The van der Waals surface area contributed by atoms with Gasteiger partial charge in [0.2, 0.25) is 0 Å². The van der Waals surface area contributed by atoms with Gasteiger partial charge in [0.05, 0.1) is 5.54 Å². The standard InChI is InChI=1S/C16H15NO/c1-16-13-5-3-2-4-10(13)8-15(17-16)12-9-11(18)6-7-14(12)16/h2-7,9,15,17-18H,8H2,1H3. The third kappa shape index (κ3) is 1.11. The molecule has 0 amide bonds. The number of rotatable bonds is 0. The topological polar surface area (TPSA) is 32.3 Å². The van der Waals surface area contributed by atoms with Gasteiger partial charge in [-0.3, -0.25) is 5.32 Å². The molecule has 0 spiro atoms. The Morgan fingerprint density at radius 3 is 2.89 bits per heavy atom. The molecule has 2 aliphatic rings. The van der Waals surface area contributed by atoms with Crippen LogP contribution in [0.4, 0.5) is 0 Å². The molecule has 2 nitrogen and oxygen atoms in total.